The summed E-state index contributed by atoms with van der Waals surface area (Å²) in [5.74, 6) is -0.617. The van der Waals surface area contributed by atoms with E-state index in [-0.39, 0.29) is 5.91 Å². The van der Waals surface area contributed by atoms with Crippen LogP contribution >= 0.6 is 0 Å². The molecule has 7 nitrogen and oxygen atoms in total. The summed E-state index contributed by atoms with van der Waals surface area (Å²) in [5, 5.41) is 11.3. The fourth-order valence-corrected chi connectivity index (χ4v) is 1.67. The molecule has 0 saturated heterocycles. The third-order valence-electron chi connectivity index (χ3n) is 2.77. The summed E-state index contributed by atoms with van der Waals surface area (Å²) in [4.78, 5) is 30.5. The lowest BCUT2D eigenvalue weighted by Gasteiger charge is -2.05. The molecule has 0 spiro atoms. The summed E-state index contributed by atoms with van der Waals surface area (Å²) in [5.41, 5.74) is 0.902. The van der Waals surface area contributed by atoms with Crippen LogP contribution in [0.4, 0.5) is 0 Å². The average molecular weight is 286 g/mol. The van der Waals surface area contributed by atoms with Crippen molar-refractivity contribution in [2.45, 2.75) is 6.54 Å². The first-order valence-electron chi connectivity index (χ1n) is 6.16. The van der Waals surface area contributed by atoms with Gasteiger partial charge in [-0.1, -0.05) is 0 Å². The van der Waals surface area contributed by atoms with Crippen molar-refractivity contribution in [1.82, 2.24) is 19.9 Å². The molecule has 0 aliphatic rings. The van der Waals surface area contributed by atoms with E-state index in [0.29, 0.717) is 17.7 Å². The number of nitrogens with one attached hydrogen (secondary N) is 1. The van der Waals surface area contributed by atoms with Crippen LogP contribution in [0.1, 0.15) is 21.7 Å². The summed E-state index contributed by atoms with van der Waals surface area (Å²) in [7, 11) is 1.84. The Kier molecular flexibility index (Phi) is 4.45. The third-order valence-corrected chi connectivity index (χ3v) is 2.77. The Morgan fingerprint density at radius 3 is 2.90 bits per heavy atom. The third kappa shape index (κ3) is 4.00. The first-order valence-corrected chi connectivity index (χ1v) is 6.16. The molecule has 0 radical (unpaired) electrons. The van der Waals surface area contributed by atoms with E-state index in [1.807, 2.05) is 11.6 Å². The number of carboxylic acids is 1. The molecule has 7 heteroatoms. The van der Waals surface area contributed by atoms with Crippen molar-refractivity contribution in [3.8, 4) is 0 Å². The SMILES string of the molecule is Cn1ccnc1CNC(=O)c1cncc(C=CC(=O)O)c1. The van der Waals surface area contributed by atoms with E-state index in [2.05, 4.69) is 15.3 Å². The summed E-state index contributed by atoms with van der Waals surface area (Å²) >= 11 is 0. The van der Waals surface area contributed by atoms with E-state index in [0.717, 1.165) is 11.9 Å². The summed E-state index contributed by atoms with van der Waals surface area (Å²) in [6.07, 6.45) is 8.72. The maximum Gasteiger partial charge on any atom is 0.328 e. The molecule has 0 bridgehead atoms. The van der Waals surface area contributed by atoms with Crippen molar-refractivity contribution < 1.29 is 14.7 Å². The number of hydrogen-bond acceptors (Lipinski definition) is 4. The Hall–Kier alpha value is -2.96. The number of aromatic nitrogens is 3. The van der Waals surface area contributed by atoms with Crippen molar-refractivity contribution in [3.05, 3.63) is 53.9 Å². The number of aliphatic carboxylic acids is 1. The minimum absolute atomic E-state index is 0.295. The molecule has 108 valence electrons. The molecule has 0 atom stereocenters. The first kappa shape index (κ1) is 14.4. The van der Waals surface area contributed by atoms with Crippen LogP contribution in [0.5, 0.6) is 0 Å². The predicted molar refractivity (Wildman–Crippen MR) is 75.3 cm³/mol. The van der Waals surface area contributed by atoms with Gasteiger partial charge in [0.25, 0.3) is 5.91 Å². The Morgan fingerprint density at radius 1 is 1.43 bits per heavy atom. The van der Waals surface area contributed by atoms with Gasteiger partial charge >= 0.3 is 5.97 Å². The number of aryl methyl sites for hydroxylation is 1. The topological polar surface area (TPSA) is 97.1 Å². The van der Waals surface area contributed by atoms with Gasteiger partial charge in [0.05, 0.1) is 12.1 Å². The Labute approximate surface area is 121 Å². The van der Waals surface area contributed by atoms with E-state index >= 15 is 0 Å². The monoisotopic (exact) mass is 286 g/mol. The number of carbonyl (C=O) groups is 2. The highest BCUT2D eigenvalue weighted by Gasteiger charge is 2.07. The lowest BCUT2D eigenvalue weighted by molar-refractivity contribution is -0.131. The van der Waals surface area contributed by atoms with Gasteiger partial charge in [-0.2, -0.15) is 0 Å². The molecule has 2 N–H and O–H groups in total. The van der Waals surface area contributed by atoms with E-state index in [1.165, 1.54) is 18.5 Å². The second kappa shape index (κ2) is 6.47. The highest BCUT2D eigenvalue weighted by atomic mass is 16.4. The molecule has 2 rings (SSSR count). The number of rotatable bonds is 5. The Morgan fingerprint density at radius 2 is 2.24 bits per heavy atom. The van der Waals surface area contributed by atoms with Crippen LogP contribution in [0, 0.1) is 0 Å². The smallest absolute Gasteiger partial charge is 0.328 e. The number of nitrogens with zero attached hydrogens (tertiary/aromatic N) is 3. The predicted octanol–water partition coefficient (Wildman–Crippen LogP) is 0.843. The molecule has 21 heavy (non-hydrogen) atoms. The molecule has 0 aliphatic carbocycles. The zero-order chi connectivity index (χ0) is 15.2. The fraction of sp³-hybridized carbons (Fsp3) is 0.143. The highest BCUT2D eigenvalue weighted by Crippen LogP contribution is 2.05. The molecule has 2 aromatic rings. The first-order chi connectivity index (χ1) is 10.1. The van der Waals surface area contributed by atoms with Gasteiger partial charge in [-0.05, 0) is 17.7 Å². The van der Waals surface area contributed by atoms with Gasteiger partial charge in [0.2, 0.25) is 0 Å². The van der Waals surface area contributed by atoms with Crippen molar-refractivity contribution in [3.63, 3.8) is 0 Å². The molecule has 0 unspecified atom stereocenters. The largest absolute Gasteiger partial charge is 0.478 e. The number of imidazole rings is 1. The molecule has 0 aromatic carbocycles. The minimum atomic E-state index is -1.06. The van der Waals surface area contributed by atoms with Crippen LogP contribution < -0.4 is 5.32 Å². The fourth-order valence-electron chi connectivity index (χ4n) is 1.67. The minimum Gasteiger partial charge on any atom is -0.478 e. The molecule has 0 saturated carbocycles. The molecular formula is C14H14N4O3. The van der Waals surface area contributed by atoms with Crippen LogP contribution in [-0.4, -0.2) is 31.5 Å². The van der Waals surface area contributed by atoms with E-state index in [9.17, 15) is 9.59 Å². The molecule has 2 heterocycles. The summed E-state index contributed by atoms with van der Waals surface area (Å²) in [6.45, 7) is 0.303. The maximum absolute atomic E-state index is 12.0. The Balaban J connectivity index is 2.04. The molecule has 0 fully saturated rings. The van der Waals surface area contributed by atoms with Gasteiger partial charge in [-0.3, -0.25) is 9.78 Å². The van der Waals surface area contributed by atoms with E-state index < -0.39 is 5.97 Å². The van der Waals surface area contributed by atoms with Gasteiger partial charge in [0.15, 0.2) is 0 Å². The van der Waals surface area contributed by atoms with E-state index in [1.54, 1.807) is 18.5 Å². The van der Waals surface area contributed by atoms with Gasteiger partial charge < -0.3 is 15.0 Å². The molecule has 1 amide bonds. The van der Waals surface area contributed by atoms with Crippen LogP contribution in [0.25, 0.3) is 6.08 Å². The molecular weight excluding hydrogens is 272 g/mol. The number of amides is 1. The lowest BCUT2D eigenvalue weighted by Crippen LogP contribution is -2.24. The Bertz CT molecular complexity index is 691. The highest BCUT2D eigenvalue weighted by molar-refractivity contribution is 5.94. The van der Waals surface area contributed by atoms with Crippen molar-refractivity contribution in [1.29, 1.82) is 0 Å². The molecule has 2 aromatic heterocycles. The molecule has 0 aliphatic heterocycles. The van der Waals surface area contributed by atoms with Crippen LogP contribution in [-0.2, 0) is 18.4 Å². The van der Waals surface area contributed by atoms with Crippen molar-refractivity contribution in [2.24, 2.45) is 7.05 Å². The number of hydrogen-bond donors (Lipinski definition) is 2. The second-order valence-corrected chi connectivity index (χ2v) is 4.32. The zero-order valence-electron chi connectivity index (χ0n) is 11.4. The van der Waals surface area contributed by atoms with Gasteiger partial charge in [-0.25, -0.2) is 9.78 Å². The lowest BCUT2D eigenvalue weighted by atomic mass is 10.2. The summed E-state index contributed by atoms with van der Waals surface area (Å²) < 4.78 is 1.81. The zero-order valence-corrected chi connectivity index (χ0v) is 11.4. The second-order valence-electron chi connectivity index (χ2n) is 4.32. The van der Waals surface area contributed by atoms with Crippen LogP contribution in [0.15, 0.2) is 36.9 Å². The summed E-state index contributed by atoms with van der Waals surface area (Å²) in [6, 6.07) is 1.57. The number of carbonyl (C=O) groups excluding carboxylic acids is 1. The van der Waals surface area contributed by atoms with Crippen molar-refractivity contribution >= 4 is 18.0 Å². The average Bonchev–Trinajstić information content (AvgIpc) is 2.88. The normalized spacial score (nSPS) is 10.7. The van der Waals surface area contributed by atoms with Crippen molar-refractivity contribution in [2.75, 3.05) is 0 Å². The van der Waals surface area contributed by atoms with E-state index in [4.69, 9.17) is 5.11 Å². The maximum atomic E-state index is 12.0. The van der Waals surface area contributed by atoms with Gasteiger partial charge in [0.1, 0.15) is 5.82 Å². The standard InChI is InChI=1S/C14H14N4O3/c1-18-5-4-16-12(18)9-17-14(21)11-6-10(7-15-8-11)2-3-13(19)20/h2-8H,9H2,1H3,(H,17,21)(H,19,20). The van der Waals surface area contributed by atoms with Crippen LogP contribution in [0.3, 0.4) is 0 Å². The van der Waals surface area contributed by atoms with Crippen LogP contribution in [0.2, 0.25) is 0 Å². The van der Waals surface area contributed by atoms with Gasteiger partial charge in [0, 0.05) is 37.9 Å². The quantitative estimate of drug-likeness (QED) is 0.794. The number of pyridine rings is 1. The number of carboxylic acid groups (broad SMARTS) is 1. The van der Waals surface area contributed by atoms with Gasteiger partial charge in [-0.15, -0.1) is 0 Å².